The second kappa shape index (κ2) is 5.22. The van der Waals surface area contributed by atoms with E-state index in [1.807, 2.05) is 6.92 Å². The average molecular weight is 323 g/mol. The Bertz CT molecular complexity index is 598. The van der Waals surface area contributed by atoms with Gasteiger partial charge in [0.1, 0.15) is 4.90 Å². The van der Waals surface area contributed by atoms with E-state index in [9.17, 15) is 8.42 Å². The van der Waals surface area contributed by atoms with Gasteiger partial charge >= 0.3 is 0 Å². The average Bonchev–Trinajstić information content (AvgIpc) is 3.06. The Hall–Kier alpha value is -0.330. The molecule has 0 aromatic heterocycles. The number of rotatable bonds is 5. The Kier molecular flexibility index (Phi) is 4.14. The van der Waals surface area contributed by atoms with Crippen LogP contribution in [0.15, 0.2) is 17.0 Å². The van der Waals surface area contributed by atoms with Gasteiger partial charge in [0, 0.05) is 18.1 Å². The highest BCUT2D eigenvalue weighted by Crippen LogP contribution is 2.44. The van der Waals surface area contributed by atoms with Crippen molar-refractivity contribution in [3.8, 4) is 0 Å². The fourth-order valence-electron chi connectivity index (χ4n) is 1.67. The van der Waals surface area contributed by atoms with Gasteiger partial charge in [0.05, 0.1) is 5.02 Å². The van der Waals surface area contributed by atoms with E-state index < -0.39 is 10.0 Å². The molecule has 0 aliphatic heterocycles. The largest absolute Gasteiger partial charge is 0.326 e. The number of hydrogen-bond acceptors (Lipinski definition) is 3. The van der Waals surface area contributed by atoms with Crippen molar-refractivity contribution >= 4 is 33.2 Å². The van der Waals surface area contributed by atoms with Crippen LogP contribution in [0.4, 0.5) is 0 Å². The molecule has 4 nitrogen and oxygen atoms in total. The van der Waals surface area contributed by atoms with E-state index in [4.69, 9.17) is 28.9 Å². The van der Waals surface area contributed by atoms with E-state index in [1.165, 1.54) is 12.1 Å². The number of nitrogens with one attached hydrogen (secondary N) is 1. The zero-order valence-corrected chi connectivity index (χ0v) is 12.9. The molecule has 7 heteroatoms. The van der Waals surface area contributed by atoms with Crippen molar-refractivity contribution in [1.82, 2.24) is 4.72 Å². The Morgan fingerprint density at radius 3 is 2.47 bits per heavy atom. The summed E-state index contributed by atoms with van der Waals surface area (Å²) in [5.41, 5.74) is 6.17. The molecule has 0 heterocycles. The Morgan fingerprint density at radius 2 is 1.95 bits per heavy atom. The second-order valence-electron chi connectivity index (χ2n) is 5.21. The molecule has 0 radical (unpaired) electrons. The third-order valence-corrected chi connectivity index (χ3v) is 5.62. The highest BCUT2D eigenvalue weighted by atomic mass is 35.5. The molecule has 0 saturated heterocycles. The van der Waals surface area contributed by atoms with Crippen molar-refractivity contribution in [2.24, 2.45) is 11.1 Å². The molecular weight excluding hydrogens is 307 g/mol. The van der Waals surface area contributed by atoms with Crippen LogP contribution in [-0.4, -0.2) is 15.0 Å². The molecule has 3 N–H and O–H groups in total. The lowest BCUT2D eigenvalue weighted by atomic mass is 10.2. The van der Waals surface area contributed by atoms with Crippen LogP contribution in [0.2, 0.25) is 10.0 Å². The fraction of sp³-hybridized carbons (Fsp3) is 0.500. The minimum absolute atomic E-state index is 0.0308. The smallest absolute Gasteiger partial charge is 0.242 e. The zero-order chi connectivity index (χ0) is 14.3. The summed E-state index contributed by atoms with van der Waals surface area (Å²) >= 11 is 11.9. The van der Waals surface area contributed by atoms with Crippen LogP contribution in [0.25, 0.3) is 0 Å². The number of hydrogen-bond donors (Lipinski definition) is 2. The van der Waals surface area contributed by atoms with Crippen LogP contribution in [-0.2, 0) is 16.6 Å². The summed E-state index contributed by atoms with van der Waals surface area (Å²) in [6.07, 6.45) is 2.08. The van der Waals surface area contributed by atoms with Gasteiger partial charge in [-0.15, -0.1) is 0 Å². The van der Waals surface area contributed by atoms with Crippen LogP contribution in [0.3, 0.4) is 0 Å². The second-order valence-corrected chi connectivity index (χ2v) is 7.76. The minimum Gasteiger partial charge on any atom is -0.326 e. The van der Waals surface area contributed by atoms with Crippen LogP contribution < -0.4 is 10.5 Å². The van der Waals surface area contributed by atoms with Crippen molar-refractivity contribution in [2.75, 3.05) is 6.54 Å². The summed E-state index contributed by atoms with van der Waals surface area (Å²) in [4.78, 5) is 0.0308. The molecule has 0 unspecified atom stereocenters. The zero-order valence-electron chi connectivity index (χ0n) is 10.5. The molecule has 1 fully saturated rings. The summed E-state index contributed by atoms with van der Waals surface area (Å²) in [6, 6.07) is 2.85. The van der Waals surface area contributed by atoms with Crippen LogP contribution in [0, 0.1) is 5.41 Å². The monoisotopic (exact) mass is 322 g/mol. The standard InChI is InChI=1S/C12H16Cl2N2O2S/c1-12(2-3-12)7-16-19(17,18)11-4-8(6-15)9(13)5-10(11)14/h4-5,16H,2-3,6-7,15H2,1H3. The third kappa shape index (κ3) is 3.41. The lowest BCUT2D eigenvalue weighted by Gasteiger charge is -2.13. The van der Waals surface area contributed by atoms with Crippen molar-refractivity contribution in [3.63, 3.8) is 0 Å². The third-order valence-electron chi connectivity index (χ3n) is 3.40. The van der Waals surface area contributed by atoms with Gasteiger partial charge in [0.15, 0.2) is 0 Å². The predicted molar refractivity (Wildman–Crippen MR) is 76.9 cm³/mol. The van der Waals surface area contributed by atoms with Gasteiger partial charge in [-0.3, -0.25) is 0 Å². The molecule has 1 aliphatic carbocycles. The summed E-state index contributed by atoms with van der Waals surface area (Å²) < 4.78 is 27.0. The molecule has 19 heavy (non-hydrogen) atoms. The molecule has 0 bridgehead atoms. The highest BCUT2D eigenvalue weighted by Gasteiger charge is 2.38. The van der Waals surface area contributed by atoms with Crippen LogP contribution in [0.1, 0.15) is 25.3 Å². The Labute approximate surface area is 123 Å². The van der Waals surface area contributed by atoms with E-state index in [0.29, 0.717) is 17.1 Å². The fourth-order valence-corrected chi connectivity index (χ4v) is 3.74. The summed E-state index contributed by atoms with van der Waals surface area (Å²) in [5, 5.41) is 0.483. The molecule has 1 aliphatic rings. The van der Waals surface area contributed by atoms with Gasteiger partial charge < -0.3 is 5.73 Å². The summed E-state index contributed by atoms with van der Waals surface area (Å²) in [5.74, 6) is 0. The Morgan fingerprint density at radius 1 is 1.32 bits per heavy atom. The maximum absolute atomic E-state index is 12.2. The topological polar surface area (TPSA) is 72.2 Å². The van der Waals surface area contributed by atoms with Gasteiger partial charge in [0.2, 0.25) is 10.0 Å². The predicted octanol–water partition coefficient (Wildman–Crippen LogP) is 2.53. The molecular formula is C12H16Cl2N2O2S. The Balaban J connectivity index is 2.28. The molecule has 1 aromatic carbocycles. The summed E-state index contributed by atoms with van der Waals surface area (Å²) in [7, 11) is -3.63. The molecule has 106 valence electrons. The molecule has 0 atom stereocenters. The van der Waals surface area contributed by atoms with E-state index in [1.54, 1.807) is 0 Å². The minimum atomic E-state index is -3.63. The number of nitrogens with two attached hydrogens (primary N) is 1. The van der Waals surface area contributed by atoms with E-state index >= 15 is 0 Å². The van der Waals surface area contributed by atoms with E-state index in [-0.39, 0.29) is 21.9 Å². The molecule has 1 aromatic rings. The van der Waals surface area contributed by atoms with Gasteiger partial charge in [-0.1, -0.05) is 30.1 Å². The van der Waals surface area contributed by atoms with Gasteiger partial charge in [-0.25, -0.2) is 13.1 Å². The van der Waals surface area contributed by atoms with Gasteiger partial charge in [-0.2, -0.15) is 0 Å². The first-order chi connectivity index (χ1) is 8.77. The van der Waals surface area contributed by atoms with Crippen molar-refractivity contribution < 1.29 is 8.42 Å². The van der Waals surface area contributed by atoms with Crippen LogP contribution in [0.5, 0.6) is 0 Å². The van der Waals surface area contributed by atoms with Crippen molar-refractivity contribution in [2.45, 2.75) is 31.2 Å². The normalized spacial score (nSPS) is 17.5. The first-order valence-electron chi connectivity index (χ1n) is 5.95. The van der Waals surface area contributed by atoms with Gasteiger partial charge in [0.25, 0.3) is 0 Å². The molecule has 0 spiro atoms. The van der Waals surface area contributed by atoms with E-state index in [2.05, 4.69) is 4.72 Å². The number of halogens is 2. The van der Waals surface area contributed by atoms with Crippen molar-refractivity contribution in [1.29, 1.82) is 0 Å². The maximum atomic E-state index is 12.2. The summed E-state index contributed by atoms with van der Waals surface area (Å²) in [6.45, 7) is 2.63. The molecule has 2 rings (SSSR count). The number of sulfonamides is 1. The van der Waals surface area contributed by atoms with Gasteiger partial charge in [-0.05, 0) is 36.0 Å². The first kappa shape index (κ1) is 15.1. The number of benzene rings is 1. The quantitative estimate of drug-likeness (QED) is 0.874. The van der Waals surface area contributed by atoms with Crippen LogP contribution >= 0.6 is 23.2 Å². The first-order valence-corrected chi connectivity index (χ1v) is 8.19. The SMILES string of the molecule is CC1(CNS(=O)(=O)c2cc(CN)c(Cl)cc2Cl)CC1. The molecule has 1 saturated carbocycles. The molecule has 0 amide bonds. The van der Waals surface area contributed by atoms with E-state index in [0.717, 1.165) is 12.8 Å². The lowest BCUT2D eigenvalue weighted by Crippen LogP contribution is -2.29. The van der Waals surface area contributed by atoms with Crippen molar-refractivity contribution in [3.05, 3.63) is 27.7 Å². The maximum Gasteiger partial charge on any atom is 0.242 e. The lowest BCUT2D eigenvalue weighted by molar-refractivity contribution is 0.530. The highest BCUT2D eigenvalue weighted by molar-refractivity contribution is 7.89.